The monoisotopic (exact) mass is 236 g/mol. The quantitative estimate of drug-likeness (QED) is 0.697. The van der Waals surface area contributed by atoms with Crippen LogP contribution in [-0.4, -0.2) is 24.9 Å². The molecule has 0 bridgehead atoms. The molecule has 0 saturated carbocycles. The highest BCUT2D eigenvalue weighted by atomic mass is 16.2. The normalized spacial score (nSPS) is 12.0. The standard InChI is InChI=1S/C16H14NO/c1-17(2)16(18)15-13-9-5-3-7-11(13)12-8-4-6-10-14(12)15/h3-10H,1-2H3/q+1. The van der Waals surface area contributed by atoms with Gasteiger partial charge < -0.3 is 4.90 Å². The highest BCUT2D eigenvalue weighted by Crippen LogP contribution is 2.44. The van der Waals surface area contributed by atoms with E-state index in [4.69, 9.17) is 0 Å². The fourth-order valence-electron chi connectivity index (χ4n) is 2.47. The van der Waals surface area contributed by atoms with Crippen molar-refractivity contribution in [2.45, 2.75) is 0 Å². The van der Waals surface area contributed by atoms with Crippen molar-refractivity contribution in [3.05, 3.63) is 65.6 Å². The summed E-state index contributed by atoms with van der Waals surface area (Å²) in [4.78, 5) is 14.0. The molecule has 1 aliphatic carbocycles. The Bertz CT molecular complexity index is 570. The number of fused-ring (bicyclic) bond motifs is 3. The average Bonchev–Trinajstić information content (AvgIpc) is 2.72. The number of amides is 1. The maximum absolute atomic E-state index is 12.4. The Balaban J connectivity index is 2.24. The van der Waals surface area contributed by atoms with Gasteiger partial charge in [-0.25, -0.2) is 0 Å². The van der Waals surface area contributed by atoms with E-state index in [-0.39, 0.29) is 5.91 Å². The van der Waals surface area contributed by atoms with Crippen molar-refractivity contribution in [1.82, 2.24) is 4.90 Å². The lowest BCUT2D eigenvalue weighted by molar-refractivity contribution is -0.125. The van der Waals surface area contributed by atoms with E-state index < -0.39 is 0 Å². The molecule has 2 nitrogen and oxygen atoms in total. The van der Waals surface area contributed by atoms with Gasteiger partial charge in [0.15, 0.2) is 0 Å². The van der Waals surface area contributed by atoms with Crippen LogP contribution in [0.5, 0.6) is 0 Å². The van der Waals surface area contributed by atoms with Crippen molar-refractivity contribution in [1.29, 1.82) is 0 Å². The molecule has 3 rings (SSSR count). The molecule has 2 heteroatoms. The smallest absolute Gasteiger partial charge is 0.290 e. The lowest BCUT2D eigenvalue weighted by atomic mass is 9.96. The van der Waals surface area contributed by atoms with E-state index in [1.165, 1.54) is 0 Å². The third-order valence-electron chi connectivity index (χ3n) is 3.30. The molecule has 2 aromatic rings. The molecular formula is C16H14NO+. The molecular weight excluding hydrogens is 222 g/mol. The fraction of sp³-hybridized carbons (Fsp3) is 0.125. The molecule has 0 fully saturated rings. The molecule has 0 aliphatic heterocycles. The zero-order chi connectivity index (χ0) is 12.7. The van der Waals surface area contributed by atoms with Crippen LogP contribution >= 0.6 is 0 Å². The van der Waals surface area contributed by atoms with E-state index in [9.17, 15) is 4.79 Å². The molecule has 88 valence electrons. The molecule has 0 saturated heterocycles. The Morgan fingerprint density at radius 1 is 0.889 bits per heavy atom. The SMILES string of the molecule is CN(C)C(=O)[C+]1c2ccccc2-c2ccccc21. The van der Waals surface area contributed by atoms with Crippen LogP contribution in [0.3, 0.4) is 0 Å². The first kappa shape index (κ1) is 10.9. The number of carbonyl (C=O) groups is 1. The zero-order valence-electron chi connectivity index (χ0n) is 10.5. The maximum Gasteiger partial charge on any atom is 0.290 e. The molecule has 1 amide bonds. The number of rotatable bonds is 1. The van der Waals surface area contributed by atoms with Gasteiger partial charge in [0.2, 0.25) is 0 Å². The molecule has 0 heterocycles. The van der Waals surface area contributed by atoms with Crippen molar-refractivity contribution in [2.75, 3.05) is 14.1 Å². The van der Waals surface area contributed by atoms with Gasteiger partial charge in [0.05, 0.1) is 11.1 Å². The molecule has 1 aliphatic rings. The average molecular weight is 236 g/mol. The predicted octanol–water partition coefficient (Wildman–Crippen LogP) is 2.73. The van der Waals surface area contributed by atoms with Crippen LogP contribution in [0.2, 0.25) is 0 Å². The topological polar surface area (TPSA) is 20.3 Å². The first-order valence-corrected chi connectivity index (χ1v) is 5.98. The molecule has 0 unspecified atom stereocenters. The van der Waals surface area contributed by atoms with Crippen LogP contribution < -0.4 is 0 Å². The number of hydrogen-bond donors (Lipinski definition) is 0. The third-order valence-corrected chi connectivity index (χ3v) is 3.30. The summed E-state index contributed by atoms with van der Waals surface area (Å²) in [5.41, 5.74) is 4.38. The van der Waals surface area contributed by atoms with Gasteiger partial charge in [-0.2, -0.15) is 0 Å². The van der Waals surface area contributed by atoms with Crippen LogP contribution in [0.4, 0.5) is 0 Å². The first-order chi connectivity index (χ1) is 8.70. The summed E-state index contributed by atoms with van der Waals surface area (Å²) in [6.07, 6.45) is 0. The summed E-state index contributed by atoms with van der Waals surface area (Å²) in [6, 6.07) is 16.2. The second-order valence-electron chi connectivity index (χ2n) is 4.67. The minimum atomic E-state index is 0.0624. The van der Waals surface area contributed by atoms with Crippen molar-refractivity contribution in [2.24, 2.45) is 0 Å². The van der Waals surface area contributed by atoms with E-state index in [1.54, 1.807) is 19.0 Å². The molecule has 0 radical (unpaired) electrons. The molecule has 0 aromatic heterocycles. The van der Waals surface area contributed by atoms with E-state index in [2.05, 4.69) is 12.1 Å². The Kier molecular flexibility index (Phi) is 2.37. The van der Waals surface area contributed by atoms with Gasteiger partial charge in [-0.05, 0) is 36.4 Å². The lowest BCUT2D eigenvalue weighted by Crippen LogP contribution is -2.28. The number of nitrogens with zero attached hydrogens (tertiary/aromatic N) is 1. The van der Waals surface area contributed by atoms with Gasteiger partial charge in [0.25, 0.3) is 5.91 Å². The lowest BCUT2D eigenvalue weighted by Gasteiger charge is -2.13. The van der Waals surface area contributed by atoms with Gasteiger partial charge in [0, 0.05) is 26.2 Å². The molecule has 2 aromatic carbocycles. The molecule has 0 spiro atoms. The van der Waals surface area contributed by atoms with E-state index in [0.29, 0.717) is 0 Å². The summed E-state index contributed by atoms with van der Waals surface area (Å²) < 4.78 is 0. The van der Waals surface area contributed by atoms with E-state index in [1.807, 2.05) is 36.4 Å². The van der Waals surface area contributed by atoms with Crippen LogP contribution in [-0.2, 0) is 4.79 Å². The van der Waals surface area contributed by atoms with Crippen molar-refractivity contribution >= 4 is 5.91 Å². The number of hydrogen-bond acceptors (Lipinski definition) is 1. The van der Waals surface area contributed by atoms with Gasteiger partial charge in [-0.15, -0.1) is 0 Å². The molecule has 0 N–H and O–H groups in total. The second-order valence-corrected chi connectivity index (χ2v) is 4.67. The molecule has 18 heavy (non-hydrogen) atoms. The number of carbonyl (C=O) groups excluding carboxylic acids is 1. The van der Waals surface area contributed by atoms with Crippen molar-refractivity contribution in [3.8, 4) is 11.1 Å². The van der Waals surface area contributed by atoms with Crippen LogP contribution in [0.15, 0.2) is 48.5 Å². The minimum Gasteiger partial charge on any atom is -0.338 e. The third kappa shape index (κ3) is 1.42. The maximum atomic E-state index is 12.4. The Labute approximate surface area is 107 Å². The van der Waals surface area contributed by atoms with Crippen LogP contribution in [0, 0.1) is 5.92 Å². The Morgan fingerprint density at radius 3 is 1.78 bits per heavy atom. The predicted molar refractivity (Wildman–Crippen MR) is 72.0 cm³/mol. The van der Waals surface area contributed by atoms with Crippen molar-refractivity contribution in [3.63, 3.8) is 0 Å². The summed E-state index contributed by atoms with van der Waals surface area (Å²) in [7, 11) is 3.58. The number of likely N-dealkylation sites (N-methyl/N-ethyl adjacent to an activating group) is 1. The fourth-order valence-corrected chi connectivity index (χ4v) is 2.47. The number of benzene rings is 2. The first-order valence-electron chi connectivity index (χ1n) is 5.98. The largest absolute Gasteiger partial charge is 0.338 e. The zero-order valence-corrected chi connectivity index (χ0v) is 10.5. The highest BCUT2D eigenvalue weighted by Gasteiger charge is 2.41. The van der Waals surface area contributed by atoms with E-state index in [0.717, 1.165) is 28.2 Å². The Morgan fingerprint density at radius 2 is 1.33 bits per heavy atom. The second kappa shape index (κ2) is 3.91. The van der Waals surface area contributed by atoms with Gasteiger partial charge >= 0.3 is 0 Å². The minimum absolute atomic E-state index is 0.0624. The van der Waals surface area contributed by atoms with Gasteiger partial charge in [0.1, 0.15) is 17.0 Å². The van der Waals surface area contributed by atoms with Gasteiger partial charge in [-0.3, -0.25) is 4.79 Å². The van der Waals surface area contributed by atoms with Crippen molar-refractivity contribution < 1.29 is 4.79 Å². The highest BCUT2D eigenvalue weighted by molar-refractivity contribution is 6.06. The summed E-state index contributed by atoms with van der Waals surface area (Å²) in [6.45, 7) is 0. The van der Waals surface area contributed by atoms with Crippen LogP contribution in [0.25, 0.3) is 11.1 Å². The van der Waals surface area contributed by atoms with Gasteiger partial charge in [-0.1, -0.05) is 0 Å². The van der Waals surface area contributed by atoms with Crippen LogP contribution in [0.1, 0.15) is 11.1 Å². The summed E-state index contributed by atoms with van der Waals surface area (Å²) in [5, 5.41) is 0. The molecule has 0 atom stereocenters. The van der Waals surface area contributed by atoms with E-state index >= 15 is 0 Å². The Hall–Kier alpha value is -2.22. The summed E-state index contributed by atoms with van der Waals surface area (Å²) >= 11 is 0. The summed E-state index contributed by atoms with van der Waals surface area (Å²) in [5.74, 6) is 0.874.